The Kier molecular flexibility index (Phi) is 5.29. The van der Waals surface area contributed by atoms with Crippen molar-refractivity contribution in [1.29, 1.82) is 0 Å². The van der Waals surface area contributed by atoms with Crippen molar-refractivity contribution in [3.63, 3.8) is 0 Å². The standard InChI is InChI=1S/C18H25NO4/c1-4-18(5-2,11-16(20)21)19-17(22)15-10-14(15)12-7-6-8-13(9-12)23-3/h6-9,14-15H,4-5,10-11H2,1-3H3,(H,19,22)(H,20,21). The van der Waals surface area contributed by atoms with Gasteiger partial charge < -0.3 is 15.2 Å². The number of benzene rings is 1. The van der Waals surface area contributed by atoms with Crippen LogP contribution in [-0.4, -0.2) is 29.6 Å². The molecule has 1 aliphatic rings. The van der Waals surface area contributed by atoms with Crippen molar-refractivity contribution in [3.05, 3.63) is 29.8 Å². The Bertz CT molecular complexity index is 580. The van der Waals surface area contributed by atoms with E-state index in [9.17, 15) is 9.59 Å². The van der Waals surface area contributed by atoms with Crippen LogP contribution in [0.25, 0.3) is 0 Å². The minimum atomic E-state index is -0.880. The van der Waals surface area contributed by atoms with Crippen LogP contribution < -0.4 is 10.1 Å². The summed E-state index contributed by atoms with van der Waals surface area (Å²) in [5.41, 5.74) is 0.450. The zero-order valence-electron chi connectivity index (χ0n) is 14.0. The molecule has 2 N–H and O–H groups in total. The number of carbonyl (C=O) groups excluding carboxylic acids is 1. The van der Waals surface area contributed by atoms with Crippen LogP contribution in [0.3, 0.4) is 0 Å². The Hall–Kier alpha value is -2.04. The van der Waals surface area contributed by atoms with Crippen molar-refractivity contribution in [2.45, 2.75) is 51.0 Å². The predicted octanol–water partition coefficient (Wildman–Crippen LogP) is 2.95. The molecule has 1 aliphatic carbocycles. The molecule has 0 aliphatic heterocycles. The highest BCUT2D eigenvalue weighted by Gasteiger charge is 2.46. The molecule has 1 amide bonds. The van der Waals surface area contributed by atoms with E-state index in [1.165, 1.54) is 0 Å². The Morgan fingerprint density at radius 1 is 1.35 bits per heavy atom. The molecule has 5 nitrogen and oxygen atoms in total. The summed E-state index contributed by atoms with van der Waals surface area (Å²) in [6.45, 7) is 3.83. The van der Waals surface area contributed by atoms with Gasteiger partial charge >= 0.3 is 5.97 Å². The van der Waals surface area contributed by atoms with Crippen LogP contribution in [0.4, 0.5) is 0 Å². The van der Waals surface area contributed by atoms with Gasteiger partial charge in [0.1, 0.15) is 5.75 Å². The van der Waals surface area contributed by atoms with Crippen LogP contribution >= 0.6 is 0 Å². The van der Waals surface area contributed by atoms with E-state index in [1.54, 1.807) is 7.11 Å². The van der Waals surface area contributed by atoms with E-state index in [0.29, 0.717) is 12.8 Å². The number of rotatable bonds is 8. The van der Waals surface area contributed by atoms with Crippen molar-refractivity contribution in [1.82, 2.24) is 5.32 Å². The summed E-state index contributed by atoms with van der Waals surface area (Å²) in [6, 6.07) is 7.77. The van der Waals surface area contributed by atoms with E-state index in [1.807, 2.05) is 38.1 Å². The first kappa shape index (κ1) is 17.3. The smallest absolute Gasteiger partial charge is 0.305 e. The Labute approximate surface area is 137 Å². The Balaban J connectivity index is 2.03. The molecule has 2 atom stereocenters. The largest absolute Gasteiger partial charge is 0.497 e. The highest BCUT2D eigenvalue weighted by molar-refractivity contribution is 5.84. The average Bonchev–Trinajstić information content (AvgIpc) is 3.34. The van der Waals surface area contributed by atoms with Gasteiger partial charge in [-0.05, 0) is 42.9 Å². The van der Waals surface area contributed by atoms with Crippen LogP contribution in [0, 0.1) is 5.92 Å². The summed E-state index contributed by atoms with van der Waals surface area (Å²) in [5, 5.41) is 12.1. The number of carboxylic acids is 1. The summed E-state index contributed by atoms with van der Waals surface area (Å²) in [7, 11) is 1.62. The second-order valence-electron chi connectivity index (χ2n) is 6.27. The quantitative estimate of drug-likeness (QED) is 0.772. The van der Waals surface area contributed by atoms with Crippen molar-refractivity contribution >= 4 is 11.9 Å². The molecule has 2 rings (SSSR count). The third kappa shape index (κ3) is 4.03. The molecule has 23 heavy (non-hydrogen) atoms. The van der Waals surface area contributed by atoms with Crippen LogP contribution in [0.2, 0.25) is 0 Å². The number of carbonyl (C=O) groups is 2. The monoisotopic (exact) mass is 319 g/mol. The summed E-state index contributed by atoms with van der Waals surface area (Å²) in [4.78, 5) is 23.6. The molecule has 5 heteroatoms. The molecule has 0 spiro atoms. The van der Waals surface area contributed by atoms with Gasteiger partial charge in [0.25, 0.3) is 0 Å². The van der Waals surface area contributed by atoms with Gasteiger partial charge in [-0.15, -0.1) is 0 Å². The topological polar surface area (TPSA) is 75.6 Å². The SMILES string of the molecule is CCC(CC)(CC(=O)O)NC(=O)C1CC1c1cccc(OC)c1. The number of aliphatic carboxylic acids is 1. The van der Waals surface area contributed by atoms with Crippen molar-refractivity contribution < 1.29 is 19.4 Å². The van der Waals surface area contributed by atoms with Gasteiger partial charge in [0.15, 0.2) is 0 Å². The van der Waals surface area contributed by atoms with Gasteiger partial charge in [0.05, 0.1) is 13.5 Å². The highest BCUT2D eigenvalue weighted by Crippen LogP contribution is 2.48. The van der Waals surface area contributed by atoms with Gasteiger partial charge in [-0.2, -0.15) is 0 Å². The van der Waals surface area contributed by atoms with Gasteiger partial charge in [-0.3, -0.25) is 9.59 Å². The minimum Gasteiger partial charge on any atom is -0.497 e. The summed E-state index contributed by atoms with van der Waals surface area (Å²) < 4.78 is 5.22. The maximum atomic E-state index is 12.5. The van der Waals surface area contributed by atoms with Gasteiger partial charge in [-0.1, -0.05) is 26.0 Å². The fraction of sp³-hybridized carbons (Fsp3) is 0.556. The predicted molar refractivity (Wildman–Crippen MR) is 87.6 cm³/mol. The molecule has 1 aromatic carbocycles. The lowest BCUT2D eigenvalue weighted by molar-refractivity contribution is -0.139. The lowest BCUT2D eigenvalue weighted by Crippen LogP contribution is -2.49. The number of methoxy groups -OCH3 is 1. The van der Waals surface area contributed by atoms with Crippen LogP contribution in [-0.2, 0) is 9.59 Å². The van der Waals surface area contributed by atoms with Crippen molar-refractivity contribution in [2.75, 3.05) is 7.11 Å². The van der Waals surface area contributed by atoms with Crippen molar-refractivity contribution in [3.8, 4) is 5.75 Å². The molecule has 0 heterocycles. The zero-order chi connectivity index (χ0) is 17.0. The molecule has 2 unspecified atom stereocenters. The summed E-state index contributed by atoms with van der Waals surface area (Å²) in [6.07, 6.45) is 1.98. The van der Waals surface area contributed by atoms with E-state index in [-0.39, 0.29) is 24.2 Å². The first-order valence-corrected chi connectivity index (χ1v) is 8.12. The normalized spacial score (nSPS) is 20.0. The summed E-state index contributed by atoms with van der Waals surface area (Å²) in [5.74, 6) is -0.0115. The molecular formula is C18H25NO4. The second kappa shape index (κ2) is 7.02. The number of amides is 1. The third-order valence-corrected chi connectivity index (χ3v) is 4.88. The Morgan fingerprint density at radius 3 is 2.61 bits per heavy atom. The van der Waals surface area contributed by atoms with Crippen molar-refractivity contribution in [2.24, 2.45) is 5.92 Å². The zero-order valence-corrected chi connectivity index (χ0v) is 14.0. The maximum absolute atomic E-state index is 12.5. The molecule has 126 valence electrons. The number of nitrogens with one attached hydrogen (secondary N) is 1. The van der Waals surface area contributed by atoms with Crippen LogP contribution in [0.15, 0.2) is 24.3 Å². The maximum Gasteiger partial charge on any atom is 0.305 e. The number of hydrogen-bond acceptors (Lipinski definition) is 3. The lowest BCUT2D eigenvalue weighted by Gasteiger charge is -2.31. The first-order chi connectivity index (χ1) is 10.9. The van der Waals surface area contributed by atoms with Gasteiger partial charge in [0.2, 0.25) is 5.91 Å². The van der Waals surface area contributed by atoms with E-state index in [0.717, 1.165) is 17.7 Å². The molecule has 0 aromatic heterocycles. The molecule has 0 saturated heterocycles. The fourth-order valence-corrected chi connectivity index (χ4v) is 3.09. The fourth-order valence-electron chi connectivity index (χ4n) is 3.09. The van der Waals surface area contributed by atoms with E-state index < -0.39 is 11.5 Å². The molecule has 0 bridgehead atoms. The number of ether oxygens (including phenoxy) is 1. The van der Waals surface area contributed by atoms with Gasteiger partial charge in [-0.25, -0.2) is 0 Å². The highest BCUT2D eigenvalue weighted by atomic mass is 16.5. The van der Waals surface area contributed by atoms with E-state index >= 15 is 0 Å². The second-order valence-corrected chi connectivity index (χ2v) is 6.27. The van der Waals surface area contributed by atoms with E-state index in [4.69, 9.17) is 9.84 Å². The number of carboxylic acid groups (broad SMARTS) is 1. The number of hydrogen-bond donors (Lipinski definition) is 2. The first-order valence-electron chi connectivity index (χ1n) is 8.12. The van der Waals surface area contributed by atoms with Gasteiger partial charge in [0, 0.05) is 11.5 Å². The molecular weight excluding hydrogens is 294 g/mol. The third-order valence-electron chi connectivity index (χ3n) is 4.88. The van der Waals surface area contributed by atoms with E-state index in [2.05, 4.69) is 5.32 Å². The average molecular weight is 319 g/mol. The molecule has 1 saturated carbocycles. The summed E-state index contributed by atoms with van der Waals surface area (Å²) >= 11 is 0. The minimum absolute atomic E-state index is 0.0391. The van der Waals surface area contributed by atoms with Crippen LogP contribution in [0.1, 0.15) is 51.0 Å². The molecule has 1 fully saturated rings. The molecule has 0 radical (unpaired) electrons. The lowest BCUT2D eigenvalue weighted by atomic mass is 9.88. The Morgan fingerprint density at radius 2 is 2.04 bits per heavy atom. The van der Waals surface area contributed by atoms with Crippen LogP contribution in [0.5, 0.6) is 5.75 Å². The molecule has 1 aromatic rings.